The van der Waals surface area contributed by atoms with Crippen LogP contribution in [0.3, 0.4) is 0 Å². The Morgan fingerprint density at radius 1 is 1.13 bits per heavy atom. The van der Waals surface area contributed by atoms with E-state index >= 15 is 0 Å². The Balaban J connectivity index is 3.04. The lowest BCUT2D eigenvalue weighted by molar-refractivity contribution is -0.620. The fourth-order valence-electron chi connectivity index (χ4n) is 1.36. The third-order valence-corrected chi connectivity index (χ3v) is 2.09. The molecule has 2 N–H and O–H groups in total. The Bertz CT molecular complexity index is 589. The Kier molecular flexibility index (Phi) is 1.80. The van der Waals surface area contributed by atoms with Gasteiger partial charge in [-0.05, 0) is 6.07 Å². The van der Waals surface area contributed by atoms with Crippen molar-refractivity contribution in [3.63, 3.8) is 0 Å². The minimum Gasteiger partial charge on any atom is -0.710 e. The van der Waals surface area contributed by atoms with Crippen LogP contribution in [0.2, 0.25) is 0 Å². The van der Waals surface area contributed by atoms with E-state index in [1.807, 2.05) is 0 Å². The van der Waals surface area contributed by atoms with Crippen molar-refractivity contribution in [3.05, 3.63) is 40.4 Å². The fourth-order valence-corrected chi connectivity index (χ4v) is 1.36. The maximum Gasteiger partial charge on any atom is 0.385 e. The van der Waals surface area contributed by atoms with Crippen molar-refractivity contribution in [2.75, 3.05) is 5.73 Å². The molecular weight excluding hydrogens is 196 g/mol. The largest absolute Gasteiger partial charge is 0.710 e. The van der Waals surface area contributed by atoms with Crippen LogP contribution in [0.4, 0.5) is 5.82 Å². The van der Waals surface area contributed by atoms with Gasteiger partial charge in [0, 0.05) is 6.07 Å². The summed E-state index contributed by atoms with van der Waals surface area (Å²) in [7, 11) is 0. The van der Waals surface area contributed by atoms with Crippen LogP contribution in [0.5, 0.6) is 0 Å². The molecule has 0 aliphatic heterocycles. The molecule has 74 valence electrons. The molecule has 6 heteroatoms. The van der Waals surface area contributed by atoms with Gasteiger partial charge >= 0.3 is 11.5 Å². The molecule has 1 heterocycles. The van der Waals surface area contributed by atoms with Crippen LogP contribution in [-0.4, -0.2) is 0 Å². The third kappa shape index (κ3) is 1.10. The number of hydrogen-bond donors (Lipinski definition) is 1. The average molecular weight is 202 g/mol. The zero-order valence-electron chi connectivity index (χ0n) is 7.54. The first-order valence-corrected chi connectivity index (χ1v) is 4.10. The summed E-state index contributed by atoms with van der Waals surface area (Å²) < 4.78 is 0.737. The smallest absolute Gasteiger partial charge is 0.385 e. The zero-order chi connectivity index (χ0) is 11.0. The molecule has 0 spiro atoms. The molecule has 6 nitrogen and oxygen atoms in total. The summed E-state index contributed by atoms with van der Waals surface area (Å²) in [5.41, 5.74) is 5.25. The third-order valence-electron chi connectivity index (χ3n) is 2.09. The number of nitrogens with zero attached hydrogens (tertiary/aromatic N) is 3. The molecule has 0 amide bonds. The van der Waals surface area contributed by atoms with Crippen LogP contribution in [0.15, 0.2) is 24.3 Å². The van der Waals surface area contributed by atoms with E-state index in [0.29, 0.717) is 9.46 Å². The molecule has 2 aromatic rings. The van der Waals surface area contributed by atoms with Gasteiger partial charge in [0.15, 0.2) is 6.07 Å². The van der Waals surface area contributed by atoms with E-state index in [-0.39, 0.29) is 22.5 Å². The monoisotopic (exact) mass is 202 g/mol. The second-order valence-electron chi connectivity index (χ2n) is 2.92. The van der Waals surface area contributed by atoms with Gasteiger partial charge in [-0.1, -0.05) is 12.1 Å². The molecule has 0 bridgehead atoms. The van der Waals surface area contributed by atoms with Crippen molar-refractivity contribution < 1.29 is 9.46 Å². The summed E-state index contributed by atoms with van der Waals surface area (Å²) in [6, 6.07) is 7.74. The summed E-state index contributed by atoms with van der Waals surface area (Å²) in [6.45, 7) is 0. The van der Waals surface area contributed by atoms with Crippen molar-refractivity contribution >= 4 is 16.9 Å². The molecule has 0 radical (unpaired) electrons. The summed E-state index contributed by atoms with van der Waals surface area (Å²) >= 11 is 0. The van der Waals surface area contributed by atoms with E-state index in [1.165, 1.54) is 12.1 Å². The number of nitrogen functional groups attached to an aromatic ring is 1. The molecule has 0 fully saturated rings. The number of nitrogens with two attached hydrogens (primary N) is 1. The highest BCUT2D eigenvalue weighted by Gasteiger charge is 2.22. The Hall–Kier alpha value is -2.55. The zero-order valence-corrected chi connectivity index (χ0v) is 7.54. The van der Waals surface area contributed by atoms with Crippen molar-refractivity contribution in [2.24, 2.45) is 0 Å². The maximum atomic E-state index is 11.6. The lowest BCUT2D eigenvalue weighted by Crippen LogP contribution is -2.43. The first-order chi connectivity index (χ1) is 7.16. The molecule has 0 aliphatic carbocycles. The summed E-state index contributed by atoms with van der Waals surface area (Å²) in [4.78, 5) is 0. The Morgan fingerprint density at radius 2 is 1.67 bits per heavy atom. The number of fused-ring (bicyclic) bond motifs is 1. The highest BCUT2D eigenvalue weighted by atomic mass is 16.5. The number of hydrogen-bond acceptors (Lipinski definition) is 4. The van der Waals surface area contributed by atoms with Gasteiger partial charge in [-0.25, -0.2) is 4.73 Å². The average Bonchev–Trinajstić information content (AvgIpc) is 2.27. The lowest BCUT2D eigenvalue weighted by atomic mass is 10.3. The lowest BCUT2D eigenvalue weighted by Gasteiger charge is -2.09. The van der Waals surface area contributed by atoms with E-state index in [9.17, 15) is 10.4 Å². The summed E-state index contributed by atoms with van der Waals surface area (Å²) in [6.07, 6.45) is 0. The number of nitriles is 1. The second kappa shape index (κ2) is 2.99. The van der Waals surface area contributed by atoms with Crippen molar-refractivity contribution in [1.29, 1.82) is 5.26 Å². The van der Waals surface area contributed by atoms with E-state index in [1.54, 1.807) is 18.2 Å². The van der Waals surface area contributed by atoms with Gasteiger partial charge in [-0.3, -0.25) is 5.73 Å². The van der Waals surface area contributed by atoms with Crippen LogP contribution in [-0.2, 0) is 0 Å². The topological polar surface area (TPSA) is 104 Å². The van der Waals surface area contributed by atoms with E-state index in [2.05, 4.69) is 0 Å². The van der Waals surface area contributed by atoms with Crippen molar-refractivity contribution in [2.45, 2.75) is 0 Å². The summed E-state index contributed by atoms with van der Waals surface area (Å²) in [5, 5.41) is 31.8. The van der Waals surface area contributed by atoms with Crippen LogP contribution in [0.25, 0.3) is 11.0 Å². The molecule has 2 rings (SSSR count). The number of anilines is 1. The van der Waals surface area contributed by atoms with E-state index < -0.39 is 0 Å². The van der Waals surface area contributed by atoms with Crippen LogP contribution in [0, 0.1) is 21.7 Å². The Morgan fingerprint density at radius 3 is 2.20 bits per heavy atom. The van der Waals surface area contributed by atoms with Crippen molar-refractivity contribution in [3.8, 4) is 6.07 Å². The van der Waals surface area contributed by atoms with E-state index in [4.69, 9.17) is 11.0 Å². The second-order valence-corrected chi connectivity index (χ2v) is 2.92. The SMILES string of the molecule is N#Cc1c(N)[n+]([O-])c2ccccc2[n+]1[O-]. The molecule has 0 unspecified atom stereocenters. The minimum atomic E-state index is -0.385. The standard InChI is InChI=1S/C9H6N4O2/c10-5-8-9(11)13(15)7-4-2-1-3-6(7)12(8)14/h1-4H,11H2. The first kappa shape index (κ1) is 9.02. The Labute approximate surface area is 84.6 Å². The quantitative estimate of drug-likeness (QED) is 0.462. The maximum absolute atomic E-state index is 11.6. The minimum absolute atomic E-state index is 0.123. The van der Waals surface area contributed by atoms with Crippen molar-refractivity contribution in [1.82, 2.24) is 0 Å². The molecule has 0 saturated carbocycles. The highest BCUT2D eigenvalue weighted by Crippen LogP contribution is 2.08. The number of aromatic nitrogens is 2. The van der Waals surface area contributed by atoms with Crippen LogP contribution < -0.4 is 15.2 Å². The first-order valence-electron chi connectivity index (χ1n) is 4.10. The number of benzene rings is 1. The van der Waals surface area contributed by atoms with Gasteiger partial charge in [0.25, 0.3) is 5.52 Å². The molecule has 15 heavy (non-hydrogen) atoms. The van der Waals surface area contributed by atoms with Gasteiger partial charge in [0.2, 0.25) is 5.52 Å². The fraction of sp³-hybridized carbons (Fsp3) is 0. The molecule has 1 aromatic carbocycles. The number of para-hydroxylation sites is 2. The van der Waals surface area contributed by atoms with Crippen LogP contribution in [0.1, 0.15) is 5.69 Å². The molecule has 0 aliphatic rings. The highest BCUT2D eigenvalue weighted by molar-refractivity contribution is 5.68. The molecular formula is C9H6N4O2. The predicted molar refractivity (Wildman–Crippen MR) is 51.0 cm³/mol. The van der Waals surface area contributed by atoms with Gasteiger partial charge < -0.3 is 10.4 Å². The predicted octanol–water partition coefficient (Wildman–Crippen LogP) is -0.440. The van der Waals surface area contributed by atoms with Gasteiger partial charge in [-0.2, -0.15) is 5.26 Å². The molecule has 1 aromatic heterocycles. The molecule has 0 saturated heterocycles. The van der Waals surface area contributed by atoms with Gasteiger partial charge in [0.05, 0.1) is 0 Å². The molecule has 0 atom stereocenters. The number of rotatable bonds is 0. The normalized spacial score (nSPS) is 10.1. The summed E-state index contributed by atoms with van der Waals surface area (Å²) in [5.74, 6) is -0.383. The van der Waals surface area contributed by atoms with Gasteiger partial charge in [0.1, 0.15) is 0 Å². The van der Waals surface area contributed by atoms with Crippen LogP contribution >= 0.6 is 0 Å². The van der Waals surface area contributed by atoms with Gasteiger partial charge in [-0.15, -0.1) is 4.73 Å². The van der Waals surface area contributed by atoms with E-state index in [0.717, 1.165) is 0 Å².